The molecule has 8 heteroatoms. The van der Waals surface area contributed by atoms with Crippen molar-refractivity contribution in [1.82, 2.24) is 9.21 Å². The standard InChI is InChI=1S/C20H21ClN2O4S/c1-15(24)16-6-8-18(9-7-16)28(26,27)23-12-10-22(11-13-23)20(25)14-17-4-2-3-5-19(17)21/h2-9H,10-14H2,1H3. The molecule has 0 atom stereocenters. The van der Waals surface area contributed by atoms with Gasteiger partial charge in [0.25, 0.3) is 0 Å². The summed E-state index contributed by atoms with van der Waals surface area (Å²) in [4.78, 5) is 25.7. The van der Waals surface area contributed by atoms with Crippen LogP contribution in [0.4, 0.5) is 0 Å². The number of rotatable bonds is 5. The van der Waals surface area contributed by atoms with Crippen LogP contribution >= 0.6 is 11.6 Å². The third-order valence-corrected chi connectivity index (χ3v) is 7.07. The molecular weight excluding hydrogens is 400 g/mol. The number of hydrogen-bond acceptors (Lipinski definition) is 4. The van der Waals surface area contributed by atoms with Gasteiger partial charge >= 0.3 is 0 Å². The van der Waals surface area contributed by atoms with Crippen molar-refractivity contribution in [2.75, 3.05) is 26.2 Å². The average molecular weight is 421 g/mol. The molecule has 148 valence electrons. The van der Waals surface area contributed by atoms with Crippen molar-refractivity contribution in [2.24, 2.45) is 0 Å². The minimum atomic E-state index is -3.66. The number of piperazine rings is 1. The van der Waals surface area contributed by atoms with E-state index in [-0.39, 0.29) is 36.1 Å². The zero-order chi connectivity index (χ0) is 20.3. The van der Waals surface area contributed by atoms with Crippen LogP contribution in [-0.2, 0) is 21.2 Å². The highest BCUT2D eigenvalue weighted by Crippen LogP contribution is 2.20. The lowest BCUT2D eigenvalue weighted by atomic mass is 10.1. The number of sulfonamides is 1. The molecule has 0 bridgehead atoms. The van der Waals surface area contributed by atoms with Crippen LogP contribution < -0.4 is 0 Å². The van der Waals surface area contributed by atoms with Gasteiger partial charge in [0, 0.05) is 36.8 Å². The molecule has 1 aliphatic heterocycles. The van der Waals surface area contributed by atoms with Gasteiger partial charge in [0.2, 0.25) is 15.9 Å². The molecule has 0 aromatic heterocycles. The number of hydrogen-bond donors (Lipinski definition) is 0. The molecule has 1 aliphatic rings. The number of carbonyl (C=O) groups is 2. The van der Waals surface area contributed by atoms with Crippen molar-refractivity contribution in [1.29, 1.82) is 0 Å². The topological polar surface area (TPSA) is 74.8 Å². The summed E-state index contributed by atoms with van der Waals surface area (Å²) < 4.78 is 27.0. The molecule has 1 heterocycles. The minimum absolute atomic E-state index is 0.0732. The maximum Gasteiger partial charge on any atom is 0.243 e. The molecule has 0 N–H and O–H groups in total. The molecule has 28 heavy (non-hydrogen) atoms. The number of benzene rings is 2. The molecule has 1 fully saturated rings. The van der Waals surface area contributed by atoms with E-state index in [0.29, 0.717) is 23.7 Å². The van der Waals surface area contributed by atoms with E-state index < -0.39 is 10.0 Å². The van der Waals surface area contributed by atoms with Crippen molar-refractivity contribution in [3.63, 3.8) is 0 Å². The van der Waals surface area contributed by atoms with Crippen molar-refractivity contribution in [3.05, 3.63) is 64.7 Å². The Hall–Kier alpha value is -2.22. The summed E-state index contributed by atoms with van der Waals surface area (Å²) in [7, 11) is -3.66. The van der Waals surface area contributed by atoms with Crippen LogP contribution in [0.1, 0.15) is 22.8 Å². The molecule has 0 saturated carbocycles. The molecule has 2 aromatic rings. The van der Waals surface area contributed by atoms with Gasteiger partial charge in [-0.05, 0) is 30.7 Å². The summed E-state index contributed by atoms with van der Waals surface area (Å²) in [6.45, 7) is 2.54. The average Bonchev–Trinajstić information content (AvgIpc) is 2.70. The second kappa shape index (κ2) is 8.43. The summed E-state index contributed by atoms with van der Waals surface area (Å²) in [6, 6.07) is 13.1. The van der Waals surface area contributed by atoms with Crippen LogP contribution in [0.25, 0.3) is 0 Å². The molecule has 6 nitrogen and oxygen atoms in total. The van der Waals surface area contributed by atoms with E-state index >= 15 is 0 Å². The first-order valence-electron chi connectivity index (χ1n) is 8.91. The highest BCUT2D eigenvalue weighted by atomic mass is 35.5. The Kier molecular flexibility index (Phi) is 6.17. The molecule has 0 radical (unpaired) electrons. The predicted octanol–water partition coefficient (Wildman–Crippen LogP) is 2.62. The van der Waals surface area contributed by atoms with Crippen LogP contribution in [0.2, 0.25) is 5.02 Å². The third-order valence-electron chi connectivity index (χ3n) is 4.79. The van der Waals surface area contributed by atoms with Gasteiger partial charge in [-0.1, -0.05) is 41.9 Å². The molecule has 2 aromatic carbocycles. The van der Waals surface area contributed by atoms with E-state index in [1.165, 1.54) is 35.5 Å². The molecule has 0 aliphatic carbocycles. The Bertz CT molecular complexity index is 982. The number of nitrogens with zero attached hydrogens (tertiary/aromatic N) is 2. The van der Waals surface area contributed by atoms with Crippen LogP contribution in [0.3, 0.4) is 0 Å². The number of amides is 1. The minimum Gasteiger partial charge on any atom is -0.340 e. The Morgan fingerprint density at radius 3 is 2.14 bits per heavy atom. The monoisotopic (exact) mass is 420 g/mol. The molecule has 1 saturated heterocycles. The van der Waals surface area contributed by atoms with E-state index in [0.717, 1.165) is 5.56 Å². The molecule has 1 amide bonds. The second-order valence-electron chi connectivity index (χ2n) is 6.63. The lowest BCUT2D eigenvalue weighted by Crippen LogP contribution is -2.50. The zero-order valence-corrected chi connectivity index (χ0v) is 17.0. The maximum absolute atomic E-state index is 12.8. The molecule has 3 rings (SSSR count). The van der Waals surface area contributed by atoms with E-state index in [4.69, 9.17) is 11.6 Å². The largest absolute Gasteiger partial charge is 0.340 e. The van der Waals surface area contributed by atoms with Crippen molar-refractivity contribution in [2.45, 2.75) is 18.2 Å². The molecule has 0 unspecified atom stereocenters. The summed E-state index contributed by atoms with van der Waals surface area (Å²) in [5.74, 6) is -0.189. The van der Waals surface area contributed by atoms with E-state index in [9.17, 15) is 18.0 Å². The van der Waals surface area contributed by atoms with Crippen LogP contribution in [0.5, 0.6) is 0 Å². The molecular formula is C20H21ClN2O4S. The van der Waals surface area contributed by atoms with E-state index in [1.54, 1.807) is 11.0 Å². The number of halogens is 1. The normalized spacial score (nSPS) is 15.4. The quantitative estimate of drug-likeness (QED) is 0.697. The summed E-state index contributed by atoms with van der Waals surface area (Å²) in [5, 5.41) is 0.547. The van der Waals surface area contributed by atoms with Crippen LogP contribution in [-0.4, -0.2) is 55.5 Å². The van der Waals surface area contributed by atoms with Gasteiger partial charge in [-0.2, -0.15) is 4.31 Å². The highest BCUT2D eigenvalue weighted by molar-refractivity contribution is 7.89. The number of carbonyl (C=O) groups excluding carboxylic acids is 2. The van der Waals surface area contributed by atoms with Crippen LogP contribution in [0, 0.1) is 0 Å². The van der Waals surface area contributed by atoms with E-state index in [2.05, 4.69) is 0 Å². The first-order valence-corrected chi connectivity index (χ1v) is 10.7. The van der Waals surface area contributed by atoms with Gasteiger partial charge < -0.3 is 4.90 Å². The fourth-order valence-electron chi connectivity index (χ4n) is 3.11. The SMILES string of the molecule is CC(=O)c1ccc(S(=O)(=O)N2CCN(C(=O)Cc3ccccc3Cl)CC2)cc1. The Labute approximate surface area is 169 Å². The van der Waals surface area contributed by atoms with Gasteiger partial charge in [0.05, 0.1) is 11.3 Å². The van der Waals surface area contributed by atoms with Crippen LogP contribution in [0.15, 0.2) is 53.4 Å². The summed E-state index contributed by atoms with van der Waals surface area (Å²) >= 11 is 6.11. The van der Waals surface area contributed by atoms with Crippen molar-refractivity contribution >= 4 is 33.3 Å². The number of Topliss-reactive ketones (excluding diaryl/α,β-unsaturated/α-hetero) is 1. The van der Waals surface area contributed by atoms with E-state index in [1.807, 2.05) is 18.2 Å². The molecule has 0 spiro atoms. The smallest absolute Gasteiger partial charge is 0.243 e. The maximum atomic E-state index is 12.8. The van der Waals surface area contributed by atoms with Crippen molar-refractivity contribution in [3.8, 4) is 0 Å². The van der Waals surface area contributed by atoms with Crippen molar-refractivity contribution < 1.29 is 18.0 Å². The van der Waals surface area contributed by atoms with Gasteiger partial charge in [-0.3, -0.25) is 9.59 Å². The lowest BCUT2D eigenvalue weighted by Gasteiger charge is -2.34. The summed E-state index contributed by atoms with van der Waals surface area (Å²) in [6.07, 6.45) is 0.193. The predicted molar refractivity (Wildman–Crippen MR) is 107 cm³/mol. The Balaban J connectivity index is 1.63. The fraction of sp³-hybridized carbons (Fsp3) is 0.300. The van der Waals surface area contributed by atoms with Gasteiger partial charge in [0.15, 0.2) is 5.78 Å². The third kappa shape index (κ3) is 4.43. The van der Waals surface area contributed by atoms with Gasteiger partial charge in [0.1, 0.15) is 0 Å². The first kappa shape index (κ1) is 20.5. The highest BCUT2D eigenvalue weighted by Gasteiger charge is 2.30. The fourth-order valence-corrected chi connectivity index (χ4v) is 4.73. The number of ketones is 1. The summed E-state index contributed by atoms with van der Waals surface area (Å²) in [5.41, 5.74) is 1.23. The first-order chi connectivity index (χ1) is 13.3. The van der Waals surface area contributed by atoms with Gasteiger partial charge in [-0.15, -0.1) is 0 Å². The second-order valence-corrected chi connectivity index (χ2v) is 8.98. The Morgan fingerprint density at radius 2 is 1.57 bits per heavy atom. The lowest BCUT2D eigenvalue weighted by molar-refractivity contribution is -0.131. The van der Waals surface area contributed by atoms with Gasteiger partial charge in [-0.25, -0.2) is 8.42 Å². The Morgan fingerprint density at radius 1 is 0.964 bits per heavy atom. The zero-order valence-electron chi connectivity index (χ0n) is 15.5.